The fourth-order valence-electron chi connectivity index (χ4n) is 2.43. The van der Waals surface area contributed by atoms with Gasteiger partial charge in [-0.05, 0) is 41.5 Å². The Balaban J connectivity index is 1.87. The van der Waals surface area contributed by atoms with E-state index in [0.29, 0.717) is 12.2 Å². The van der Waals surface area contributed by atoms with Crippen LogP contribution in [0.25, 0.3) is 5.69 Å². The molecule has 1 unspecified atom stereocenters. The molecule has 0 radical (unpaired) electrons. The van der Waals surface area contributed by atoms with E-state index in [0.717, 1.165) is 30.8 Å². The second-order valence-corrected chi connectivity index (χ2v) is 4.74. The topological polar surface area (TPSA) is 93.1 Å². The van der Waals surface area contributed by atoms with Crippen LogP contribution in [0.5, 0.6) is 0 Å². The summed E-state index contributed by atoms with van der Waals surface area (Å²) in [6.07, 6.45) is 3.10. The van der Waals surface area contributed by atoms with Gasteiger partial charge in [-0.3, -0.25) is 0 Å². The molecule has 2 aromatic rings. The molecule has 1 aliphatic rings. The van der Waals surface area contributed by atoms with Crippen LogP contribution in [0, 0.1) is 0 Å². The molecule has 7 heteroatoms. The van der Waals surface area contributed by atoms with Crippen LogP contribution in [0.1, 0.15) is 12.8 Å². The van der Waals surface area contributed by atoms with Crippen molar-refractivity contribution in [1.29, 1.82) is 0 Å². The van der Waals surface area contributed by atoms with E-state index in [1.807, 2.05) is 18.2 Å². The number of hydrogen-bond acceptors (Lipinski definition) is 6. The number of aliphatic hydroxyl groups is 1. The van der Waals surface area contributed by atoms with Gasteiger partial charge in [0.1, 0.15) is 6.33 Å². The summed E-state index contributed by atoms with van der Waals surface area (Å²) < 4.78 is 1.56. The molecule has 1 saturated heterocycles. The quantitative estimate of drug-likeness (QED) is 0.750. The number of aromatic nitrogens is 4. The van der Waals surface area contributed by atoms with E-state index in [1.54, 1.807) is 4.68 Å². The number of aliphatic hydroxyl groups excluding tert-OH is 1. The standard InChI is InChI=1S/C12H16N6O/c13-11-6-9(18-8-14-15-16-18)3-4-12(11)17-5-1-2-10(19)7-17/h3-4,6,8,10,19H,1-2,5,7,13H2. The highest BCUT2D eigenvalue weighted by Gasteiger charge is 2.19. The van der Waals surface area contributed by atoms with E-state index in [1.165, 1.54) is 6.33 Å². The van der Waals surface area contributed by atoms with Crippen molar-refractivity contribution in [3.05, 3.63) is 24.5 Å². The number of rotatable bonds is 2. The third kappa shape index (κ3) is 2.37. The molecule has 1 atom stereocenters. The lowest BCUT2D eigenvalue weighted by Crippen LogP contribution is -2.38. The molecule has 0 spiro atoms. The van der Waals surface area contributed by atoms with Crippen LogP contribution < -0.4 is 10.6 Å². The van der Waals surface area contributed by atoms with Gasteiger partial charge in [0.05, 0.1) is 23.2 Å². The van der Waals surface area contributed by atoms with Crippen molar-refractivity contribution < 1.29 is 5.11 Å². The first-order valence-electron chi connectivity index (χ1n) is 6.30. The molecule has 7 nitrogen and oxygen atoms in total. The van der Waals surface area contributed by atoms with E-state index in [4.69, 9.17) is 5.73 Å². The number of nitrogens with two attached hydrogens (primary N) is 1. The largest absolute Gasteiger partial charge is 0.397 e. The normalized spacial score (nSPS) is 19.6. The first-order chi connectivity index (χ1) is 9.24. The molecular weight excluding hydrogens is 244 g/mol. The Bertz CT molecular complexity index is 555. The van der Waals surface area contributed by atoms with Crippen LogP contribution in [0.2, 0.25) is 0 Å². The van der Waals surface area contributed by atoms with Crippen molar-refractivity contribution in [2.75, 3.05) is 23.7 Å². The van der Waals surface area contributed by atoms with Crippen LogP contribution in [-0.4, -0.2) is 44.5 Å². The Morgan fingerprint density at radius 1 is 1.37 bits per heavy atom. The smallest absolute Gasteiger partial charge is 0.143 e. The first kappa shape index (κ1) is 11.9. The lowest BCUT2D eigenvalue weighted by atomic mass is 10.1. The minimum atomic E-state index is -0.271. The summed E-state index contributed by atoms with van der Waals surface area (Å²) in [6.45, 7) is 1.56. The number of nitrogens with zero attached hydrogens (tertiary/aromatic N) is 5. The number of benzene rings is 1. The lowest BCUT2D eigenvalue weighted by molar-refractivity contribution is 0.154. The Labute approximate surface area is 110 Å². The Hall–Kier alpha value is -2.15. The zero-order valence-electron chi connectivity index (χ0n) is 10.5. The average molecular weight is 260 g/mol. The van der Waals surface area contributed by atoms with Gasteiger partial charge < -0.3 is 15.7 Å². The van der Waals surface area contributed by atoms with Gasteiger partial charge in [-0.25, -0.2) is 4.68 Å². The fourth-order valence-corrected chi connectivity index (χ4v) is 2.43. The minimum Gasteiger partial charge on any atom is -0.397 e. The van der Waals surface area contributed by atoms with Crippen LogP contribution in [0.15, 0.2) is 24.5 Å². The SMILES string of the molecule is Nc1cc(-n2cnnn2)ccc1N1CCCC(O)C1. The zero-order valence-corrected chi connectivity index (χ0v) is 10.5. The average Bonchev–Trinajstić information content (AvgIpc) is 2.92. The van der Waals surface area contributed by atoms with Crippen molar-refractivity contribution in [3.63, 3.8) is 0 Å². The number of piperidine rings is 1. The highest BCUT2D eigenvalue weighted by atomic mass is 16.3. The van der Waals surface area contributed by atoms with Crippen molar-refractivity contribution in [3.8, 4) is 5.69 Å². The monoisotopic (exact) mass is 260 g/mol. The Morgan fingerprint density at radius 3 is 2.95 bits per heavy atom. The zero-order chi connectivity index (χ0) is 13.2. The van der Waals surface area contributed by atoms with Crippen LogP contribution in [0.3, 0.4) is 0 Å². The number of β-amino-alcohol motifs (C(OH)–C–C–N with tert-alkyl or cyclic N) is 1. The Kier molecular flexibility index (Phi) is 3.04. The summed E-state index contributed by atoms with van der Waals surface area (Å²) in [6, 6.07) is 5.71. The molecule has 3 rings (SSSR count). The minimum absolute atomic E-state index is 0.271. The molecule has 1 aliphatic heterocycles. The predicted octanol–water partition coefficient (Wildman–Crippen LogP) is 0.206. The van der Waals surface area contributed by atoms with Crippen LogP contribution in [-0.2, 0) is 0 Å². The predicted molar refractivity (Wildman–Crippen MR) is 71.0 cm³/mol. The van der Waals surface area contributed by atoms with Gasteiger partial charge in [0.2, 0.25) is 0 Å². The fraction of sp³-hybridized carbons (Fsp3) is 0.417. The molecular formula is C12H16N6O. The van der Waals surface area contributed by atoms with Crippen molar-refractivity contribution >= 4 is 11.4 Å². The molecule has 100 valence electrons. The van der Waals surface area contributed by atoms with Crippen LogP contribution >= 0.6 is 0 Å². The summed E-state index contributed by atoms with van der Waals surface area (Å²) in [4.78, 5) is 2.12. The summed E-state index contributed by atoms with van der Waals surface area (Å²) in [7, 11) is 0. The first-order valence-corrected chi connectivity index (χ1v) is 6.30. The lowest BCUT2D eigenvalue weighted by Gasteiger charge is -2.32. The number of hydrogen-bond donors (Lipinski definition) is 2. The Morgan fingerprint density at radius 2 is 2.26 bits per heavy atom. The van der Waals surface area contributed by atoms with Gasteiger partial charge in [0, 0.05) is 13.1 Å². The maximum absolute atomic E-state index is 9.72. The van der Waals surface area contributed by atoms with Gasteiger partial charge in [-0.2, -0.15) is 0 Å². The molecule has 2 heterocycles. The maximum atomic E-state index is 9.72. The molecule has 0 saturated carbocycles. The summed E-state index contributed by atoms with van der Waals surface area (Å²) >= 11 is 0. The number of nitrogen functional groups attached to an aromatic ring is 1. The van der Waals surface area contributed by atoms with Gasteiger partial charge >= 0.3 is 0 Å². The molecule has 0 amide bonds. The number of tetrazole rings is 1. The van der Waals surface area contributed by atoms with Crippen LogP contribution in [0.4, 0.5) is 11.4 Å². The molecule has 0 bridgehead atoms. The van der Waals surface area contributed by atoms with Gasteiger partial charge in [0.15, 0.2) is 0 Å². The van der Waals surface area contributed by atoms with E-state index in [-0.39, 0.29) is 6.10 Å². The van der Waals surface area contributed by atoms with E-state index in [2.05, 4.69) is 20.4 Å². The maximum Gasteiger partial charge on any atom is 0.143 e. The summed E-state index contributed by atoms with van der Waals surface area (Å²) in [5.74, 6) is 0. The molecule has 1 fully saturated rings. The summed E-state index contributed by atoms with van der Waals surface area (Å²) in [5, 5.41) is 20.7. The van der Waals surface area contributed by atoms with E-state index >= 15 is 0 Å². The van der Waals surface area contributed by atoms with Gasteiger partial charge in [-0.15, -0.1) is 5.10 Å². The highest BCUT2D eigenvalue weighted by Crippen LogP contribution is 2.28. The molecule has 3 N–H and O–H groups in total. The highest BCUT2D eigenvalue weighted by molar-refractivity contribution is 5.70. The van der Waals surface area contributed by atoms with Crippen molar-refractivity contribution in [2.45, 2.75) is 18.9 Å². The van der Waals surface area contributed by atoms with Gasteiger partial charge in [-0.1, -0.05) is 0 Å². The van der Waals surface area contributed by atoms with E-state index < -0.39 is 0 Å². The van der Waals surface area contributed by atoms with Crippen molar-refractivity contribution in [1.82, 2.24) is 20.2 Å². The van der Waals surface area contributed by atoms with Crippen molar-refractivity contribution in [2.24, 2.45) is 0 Å². The second-order valence-electron chi connectivity index (χ2n) is 4.74. The molecule has 1 aromatic carbocycles. The third-order valence-corrected chi connectivity index (χ3v) is 3.36. The molecule has 0 aliphatic carbocycles. The van der Waals surface area contributed by atoms with E-state index in [9.17, 15) is 5.11 Å². The number of anilines is 2. The third-order valence-electron chi connectivity index (χ3n) is 3.36. The van der Waals surface area contributed by atoms with Gasteiger partial charge in [0.25, 0.3) is 0 Å². The molecule has 19 heavy (non-hydrogen) atoms. The second kappa shape index (κ2) is 4.85. The summed E-state index contributed by atoms with van der Waals surface area (Å²) in [5.41, 5.74) is 8.54. The molecule has 1 aromatic heterocycles.